The van der Waals surface area contributed by atoms with Crippen molar-refractivity contribution in [1.82, 2.24) is 19.7 Å². The lowest BCUT2D eigenvalue weighted by Gasteiger charge is -2.15. The molecule has 0 aliphatic heterocycles. The molecule has 0 saturated carbocycles. The van der Waals surface area contributed by atoms with Gasteiger partial charge in [-0.05, 0) is 24.3 Å². The fourth-order valence-electron chi connectivity index (χ4n) is 2.32. The number of carbonyl (C=O) groups excluding carboxylic acids is 1. The first-order chi connectivity index (χ1) is 10.7. The van der Waals surface area contributed by atoms with Crippen LogP contribution < -0.4 is 10.2 Å². The van der Waals surface area contributed by atoms with Gasteiger partial charge >= 0.3 is 0 Å². The topological polar surface area (TPSA) is 62.5 Å². The third-order valence-corrected chi connectivity index (χ3v) is 3.38. The summed E-state index contributed by atoms with van der Waals surface area (Å²) in [6, 6.07) is 9.39. The molecule has 0 aliphatic carbocycles. The smallest absolute Gasteiger partial charge is 0.255 e. The minimum absolute atomic E-state index is 0.163. The summed E-state index contributed by atoms with van der Waals surface area (Å²) in [5.74, 6) is 1.27. The molecule has 6 nitrogen and oxygen atoms in total. The number of amides is 1. The van der Waals surface area contributed by atoms with Crippen molar-refractivity contribution < 1.29 is 4.79 Å². The van der Waals surface area contributed by atoms with Crippen molar-refractivity contribution in [2.75, 3.05) is 19.0 Å². The zero-order valence-electron chi connectivity index (χ0n) is 12.5. The van der Waals surface area contributed by atoms with E-state index in [0.717, 1.165) is 11.3 Å². The van der Waals surface area contributed by atoms with Crippen LogP contribution in [0.4, 0.5) is 5.82 Å². The molecule has 0 fully saturated rings. The number of nitrogens with one attached hydrogen (secondary N) is 1. The molecule has 0 radical (unpaired) electrons. The second-order valence-corrected chi connectivity index (χ2v) is 5.12. The van der Waals surface area contributed by atoms with Gasteiger partial charge in [-0.15, -0.1) is 0 Å². The van der Waals surface area contributed by atoms with Gasteiger partial charge in [0.1, 0.15) is 11.6 Å². The maximum Gasteiger partial charge on any atom is 0.255 e. The highest BCUT2D eigenvalue weighted by molar-refractivity contribution is 5.98. The summed E-state index contributed by atoms with van der Waals surface area (Å²) in [6.45, 7) is 0.360. The summed E-state index contributed by atoms with van der Waals surface area (Å²) < 4.78 is 1.95. The van der Waals surface area contributed by atoms with E-state index in [0.29, 0.717) is 17.9 Å². The molecule has 1 N–H and O–H groups in total. The summed E-state index contributed by atoms with van der Waals surface area (Å²) in [6.07, 6.45) is 5.39. The molecule has 112 valence electrons. The molecule has 0 bridgehead atoms. The fraction of sp³-hybridized carbons (Fsp3) is 0.188. The molecule has 1 amide bonds. The number of fused-ring (bicyclic) bond motifs is 1. The van der Waals surface area contributed by atoms with Crippen molar-refractivity contribution in [2.24, 2.45) is 0 Å². The van der Waals surface area contributed by atoms with Gasteiger partial charge in [0.05, 0.1) is 23.8 Å². The first-order valence-corrected chi connectivity index (χ1v) is 6.98. The Bertz CT molecular complexity index is 809. The minimum atomic E-state index is -0.163. The summed E-state index contributed by atoms with van der Waals surface area (Å²) in [5, 5.41) is 2.90. The van der Waals surface area contributed by atoms with E-state index >= 15 is 0 Å². The highest BCUT2D eigenvalue weighted by Gasteiger charge is 2.14. The molecule has 0 aliphatic rings. The van der Waals surface area contributed by atoms with Crippen LogP contribution in [-0.4, -0.2) is 34.4 Å². The Morgan fingerprint density at radius 2 is 2.09 bits per heavy atom. The summed E-state index contributed by atoms with van der Waals surface area (Å²) in [7, 11) is 3.72. The van der Waals surface area contributed by atoms with Gasteiger partial charge in [-0.3, -0.25) is 4.79 Å². The Morgan fingerprint density at radius 1 is 1.23 bits per heavy atom. The van der Waals surface area contributed by atoms with Crippen molar-refractivity contribution in [3.8, 4) is 0 Å². The predicted molar refractivity (Wildman–Crippen MR) is 84.9 cm³/mol. The Kier molecular flexibility index (Phi) is 3.74. The number of imidazole rings is 1. The highest BCUT2D eigenvalue weighted by Crippen LogP contribution is 2.14. The molecule has 22 heavy (non-hydrogen) atoms. The predicted octanol–water partition coefficient (Wildman–Crippen LogP) is 1.73. The summed E-state index contributed by atoms with van der Waals surface area (Å²) in [5.41, 5.74) is 1.55. The number of carbonyl (C=O) groups is 1. The second kappa shape index (κ2) is 5.85. The van der Waals surface area contributed by atoms with Crippen LogP contribution in [0.1, 0.15) is 16.2 Å². The van der Waals surface area contributed by atoms with E-state index in [9.17, 15) is 4.79 Å². The van der Waals surface area contributed by atoms with E-state index in [1.54, 1.807) is 24.5 Å². The fourth-order valence-corrected chi connectivity index (χ4v) is 2.32. The molecule has 0 spiro atoms. The van der Waals surface area contributed by atoms with Crippen LogP contribution in [0.5, 0.6) is 0 Å². The normalized spacial score (nSPS) is 10.6. The number of aromatic nitrogens is 3. The third-order valence-electron chi connectivity index (χ3n) is 3.38. The van der Waals surface area contributed by atoms with Crippen LogP contribution in [0.2, 0.25) is 0 Å². The molecule has 3 heterocycles. The Balaban J connectivity index is 1.78. The van der Waals surface area contributed by atoms with Gasteiger partial charge in [-0.25, -0.2) is 9.97 Å². The van der Waals surface area contributed by atoms with E-state index in [1.165, 1.54) is 0 Å². The Hall–Kier alpha value is -2.89. The van der Waals surface area contributed by atoms with Crippen molar-refractivity contribution >= 4 is 17.2 Å². The van der Waals surface area contributed by atoms with Crippen molar-refractivity contribution in [1.29, 1.82) is 0 Å². The number of anilines is 1. The maximum absolute atomic E-state index is 12.4. The third kappa shape index (κ3) is 2.63. The van der Waals surface area contributed by atoms with E-state index in [1.807, 2.05) is 47.8 Å². The van der Waals surface area contributed by atoms with E-state index in [2.05, 4.69) is 15.3 Å². The average Bonchev–Trinajstić information content (AvgIpc) is 2.96. The first-order valence-electron chi connectivity index (χ1n) is 6.98. The lowest BCUT2D eigenvalue weighted by molar-refractivity contribution is 0.0950. The lowest BCUT2D eigenvalue weighted by Crippen LogP contribution is -2.26. The van der Waals surface area contributed by atoms with E-state index in [-0.39, 0.29) is 5.91 Å². The van der Waals surface area contributed by atoms with Gasteiger partial charge in [-0.2, -0.15) is 0 Å². The average molecular weight is 295 g/mol. The second-order valence-electron chi connectivity index (χ2n) is 5.12. The summed E-state index contributed by atoms with van der Waals surface area (Å²) >= 11 is 0. The molecule has 0 saturated heterocycles. The van der Waals surface area contributed by atoms with Gasteiger partial charge in [0, 0.05) is 26.5 Å². The zero-order valence-corrected chi connectivity index (χ0v) is 12.5. The van der Waals surface area contributed by atoms with Gasteiger partial charge in [0.2, 0.25) is 0 Å². The van der Waals surface area contributed by atoms with Crippen LogP contribution in [0, 0.1) is 0 Å². The Labute approximate surface area is 128 Å². The minimum Gasteiger partial charge on any atom is -0.362 e. The first kappa shape index (κ1) is 14.1. The number of pyridine rings is 2. The monoisotopic (exact) mass is 295 g/mol. The van der Waals surface area contributed by atoms with Gasteiger partial charge in [0.25, 0.3) is 5.91 Å². The number of hydrogen-bond acceptors (Lipinski definition) is 4. The summed E-state index contributed by atoms with van der Waals surface area (Å²) in [4.78, 5) is 22.8. The molecule has 0 aromatic carbocycles. The number of nitrogens with zero attached hydrogens (tertiary/aromatic N) is 4. The van der Waals surface area contributed by atoms with E-state index in [4.69, 9.17) is 0 Å². The molecule has 3 aromatic heterocycles. The zero-order chi connectivity index (χ0) is 15.5. The highest BCUT2D eigenvalue weighted by atomic mass is 16.1. The molecule has 6 heteroatoms. The van der Waals surface area contributed by atoms with Crippen molar-refractivity contribution in [2.45, 2.75) is 6.54 Å². The quantitative estimate of drug-likeness (QED) is 0.796. The molecule has 3 aromatic rings. The van der Waals surface area contributed by atoms with E-state index < -0.39 is 0 Å². The standard InChI is InChI=1S/C16H17N5O/c1-20(2)15-13(7-5-8-17-15)16(22)19-11-14-18-10-12-6-3-4-9-21(12)14/h3-10H,11H2,1-2H3,(H,19,22). The van der Waals surface area contributed by atoms with Gasteiger partial charge < -0.3 is 14.6 Å². The molecule has 0 atom stereocenters. The van der Waals surface area contributed by atoms with Crippen LogP contribution in [-0.2, 0) is 6.54 Å². The molecular weight excluding hydrogens is 278 g/mol. The SMILES string of the molecule is CN(C)c1ncccc1C(=O)NCc1ncc2ccccn12. The molecule has 3 rings (SSSR count). The van der Waals surface area contributed by atoms with Crippen LogP contribution >= 0.6 is 0 Å². The Morgan fingerprint density at radius 3 is 2.91 bits per heavy atom. The maximum atomic E-state index is 12.4. The van der Waals surface area contributed by atoms with Crippen molar-refractivity contribution in [3.05, 3.63) is 60.3 Å². The van der Waals surface area contributed by atoms with Gasteiger partial charge in [0.15, 0.2) is 0 Å². The van der Waals surface area contributed by atoms with Crippen LogP contribution in [0.3, 0.4) is 0 Å². The lowest BCUT2D eigenvalue weighted by atomic mass is 10.2. The molecule has 0 unspecified atom stereocenters. The van der Waals surface area contributed by atoms with Crippen LogP contribution in [0.15, 0.2) is 48.9 Å². The largest absolute Gasteiger partial charge is 0.362 e. The molecular formula is C16H17N5O. The number of rotatable bonds is 4. The number of hydrogen-bond donors (Lipinski definition) is 1. The van der Waals surface area contributed by atoms with Crippen LogP contribution in [0.25, 0.3) is 5.52 Å². The van der Waals surface area contributed by atoms with Gasteiger partial charge in [-0.1, -0.05) is 6.07 Å². The van der Waals surface area contributed by atoms with Crippen molar-refractivity contribution in [3.63, 3.8) is 0 Å².